The number of methoxy groups -OCH3 is 1. The van der Waals surface area contributed by atoms with Crippen LogP contribution in [0.5, 0.6) is 11.5 Å². The third-order valence-corrected chi connectivity index (χ3v) is 8.36. The van der Waals surface area contributed by atoms with Crippen LogP contribution in [-0.4, -0.2) is 53.0 Å². The molecule has 2 heterocycles. The number of hydrogen-bond acceptors (Lipinski definition) is 8. The zero-order valence-corrected chi connectivity index (χ0v) is 24.3. The van der Waals surface area contributed by atoms with Gasteiger partial charge in [0.25, 0.3) is 5.56 Å². The number of carboxylic acid groups (broad SMARTS) is 1. The maximum Gasteiger partial charge on any atom is 0.412 e. The SMILES string of the molecule is COc1ccc(OC(=O)N[C@@H]2[C@@H]3CN(c4nc5c(C(C)Nc6ccccc6C(=O)O)cc(C)cc5c(=O)n4C)C[C@@H]32)cc1. The molecule has 3 N–H and O–H groups in total. The summed E-state index contributed by atoms with van der Waals surface area (Å²) in [6.45, 7) is 5.14. The molecule has 11 nitrogen and oxygen atoms in total. The predicted octanol–water partition coefficient (Wildman–Crippen LogP) is 4.35. The summed E-state index contributed by atoms with van der Waals surface area (Å²) in [5.41, 5.74) is 2.80. The number of fused-ring (bicyclic) bond motifs is 2. The molecule has 222 valence electrons. The van der Waals surface area contributed by atoms with E-state index >= 15 is 0 Å². The lowest BCUT2D eigenvalue weighted by atomic mass is 10.0. The van der Waals surface area contributed by atoms with E-state index in [-0.39, 0.29) is 35.0 Å². The van der Waals surface area contributed by atoms with Crippen molar-refractivity contribution in [2.24, 2.45) is 18.9 Å². The fourth-order valence-electron chi connectivity index (χ4n) is 6.08. The number of carboxylic acids is 1. The third-order valence-electron chi connectivity index (χ3n) is 8.36. The van der Waals surface area contributed by atoms with Gasteiger partial charge in [-0.25, -0.2) is 14.6 Å². The van der Waals surface area contributed by atoms with Crippen LogP contribution in [0, 0.1) is 18.8 Å². The first-order chi connectivity index (χ1) is 20.6. The summed E-state index contributed by atoms with van der Waals surface area (Å²) >= 11 is 0. The summed E-state index contributed by atoms with van der Waals surface area (Å²) in [6.07, 6.45) is -0.502. The highest BCUT2D eigenvalue weighted by molar-refractivity contribution is 5.94. The Balaban J connectivity index is 1.20. The quantitative estimate of drug-likeness (QED) is 0.277. The number of benzene rings is 3. The minimum Gasteiger partial charge on any atom is -0.497 e. The lowest BCUT2D eigenvalue weighted by molar-refractivity contribution is 0.0697. The smallest absolute Gasteiger partial charge is 0.412 e. The van der Waals surface area contributed by atoms with Crippen molar-refractivity contribution in [1.82, 2.24) is 14.9 Å². The van der Waals surface area contributed by atoms with Gasteiger partial charge in [-0.05, 0) is 61.9 Å². The van der Waals surface area contributed by atoms with Gasteiger partial charge in [-0.3, -0.25) is 9.36 Å². The molecule has 6 rings (SSSR count). The van der Waals surface area contributed by atoms with Crippen LogP contribution in [0.25, 0.3) is 10.9 Å². The first kappa shape index (κ1) is 28.1. The summed E-state index contributed by atoms with van der Waals surface area (Å²) in [7, 11) is 3.30. The second-order valence-corrected chi connectivity index (χ2v) is 11.2. The fraction of sp³-hybridized carbons (Fsp3) is 0.312. The fourth-order valence-corrected chi connectivity index (χ4v) is 6.08. The van der Waals surface area contributed by atoms with E-state index in [1.807, 2.05) is 26.0 Å². The zero-order valence-electron chi connectivity index (χ0n) is 24.3. The van der Waals surface area contributed by atoms with Crippen molar-refractivity contribution in [3.8, 4) is 11.5 Å². The van der Waals surface area contributed by atoms with E-state index in [1.165, 1.54) is 0 Å². The number of aromatic carboxylic acids is 1. The van der Waals surface area contributed by atoms with Crippen LogP contribution in [0.15, 0.2) is 65.5 Å². The number of piperidine rings is 1. The van der Waals surface area contributed by atoms with E-state index in [0.29, 0.717) is 47.1 Å². The Hall–Kier alpha value is -5.06. The molecule has 11 heteroatoms. The number of hydrogen-bond donors (Lipinski definition) is 3. The largest absolute Gasteiger partial charge is 0.497 e. The van der Waals surface area contributed by atoms with Gasteiger partial charge >= 0.3 is 12.1 Å². The molecule has 1 aliphatic carbocycles. The molecule has 43 heavy (non-hydrogen) atoms. The molecule has 1 unspecified atom stereocenters. The molecule has 4 aromatic rings. The Kier molecular flexibility index (Phi) is 7.17. The van der Waals surface area contributed by atoms with E-state index in [9.17, 15) is 19.5 Å². The Labute approximate surface area is 248 Å². The number of rotatable bonds is 8. The van der Waals surface area contributed by atoms with Crippen molar-refractivity contribution in [3.63, 3.8) is 0 Å². The predicted molar refractivity (Wildman–Crippen MR) is 162 cm³/mol. The maximum atomic E-state index is 13.6. The monoisotopic (exact) mass is 583 g/mol. The average Bonchev–Trinajstić information content (AvgIpc) is 3.40. The van der Waals surface area contributed by atoms with Gasteiger partial charge in [-0.2, -0.15) is 0 Å². The van der Waals surface area contributed by atoms with E-state index in [2.05, 4.69) is 15.5 Å². The van der Waals surface area contributed by atoms with Gasteiger partial charge in [0.2, 0.25) is 5.95 Å². The Morgan fingerprint density at radius 1 is 1.05 bits per heavy atom. The van der Waals surface area contributed by atoms with Crippen LogP contribution >= 0.6 is 0 Å². The van der Waals surface area contributed by atoms with E-state index < -0.39 is 12.1 Å². The lowest BCUT2D eigenvalue weighted by Crippen LogP contribution is -2.38. The average molecular weight is 584 g/mol. The highest BCUT2D eigenvalue weighted by Gasteiger charge is 2.57. The Bertz CT molecular complexity index is 1770. The number of nitrogens with zero attached hydrogens (tertiary/aromatic N) is 3. The van der Waals surface area contributed by atoms with Crippen LogP contribution < -0.4 is 30.6 Å². The van der Waals surface area contributed by atoms with Gasteiger partial charge in [0.1, 0.15) is 11.5 Å². The van der Waals surface area contributed by atoms with Crippen LogP contribution in [0.1, 0.15) is 34.5 Å². The minimum atomic E-state index is -1.02. The number of nitrogens with one attached hydrogen (secondary N) is 2. The molecule has 1 aromatic heterocycles. The van der Waals surface area contributed by atoms with Crippen LogP contribution in [0.4, 0.5) is 16.4 Å². The van der Waals surface area contributed by atoms with Gasteiger partial charge in [0, 0.05) is 49.3 Å². The van der Waals surface area contributed by atoms with Gasteiger partial charge in [-0.1, -0.05) is 18.2 Å². The third kappa shape index (κ3) is 5.33. The summed E-state index contributed by atoms with van der Waals surface area (Å²) in [5, 5.41) is 16.4. The van der Waals surface area contributed by atoms with Crippen molar-refractivity contribution >= 4 is 34.6 Å². The second kappa shape index (κ2) is 11.0. The second-order valence-electron chi connectivity index (χ2n) is 11.2. The summed E-state index contributed by atoms with van der Waals surface area (Å²) in [6, 6.07) is 17.0. The number of para-hydroxylation sites is 1. The molecule has 0 radical (unpaired) electrons. The van der Waals surface area contributed by atoms with Crippen LogP contribution in [0.3, 0.4) is 0 Å². The molecule has 1 saturated heterocycles. The molecular formula is C32H33N5O6. The molecule has 1 saturated carbocycles. The van der Waals surface area contributed by atoms with Crippen molar-refractivity contribution < 1.29 is 24.2 Å². The molecule has 4 atom stereocenters. The normalized spacial score (nSPS) is 19.4. The molecule has 2 fully saturated rings. The number of amides is 1. The van der Waals surface area contributed by atoms with Gasteiger partial charge < -0.3 is 30.1 Å². The number of aromatic nitrogens is 2. The number of aryl methyl sites for hydroxylation is 1. The number of anilines is 2. The van der Waals surface area contributed by atoms with E-state index in [4.69, 9.17) is 14.5 Å². The molecule has 1 aliphatic heterocycles. The van der Waals surface area contributed by atoms with Crippen molar-refractivity contribution in [2.45, 2.75) is 25.9 Å². The topological polar surface area (TPSA) is 135 Å². The number of ether oxygens (including phenoxy) is 2. The molecule has 2 aliphatic rings. The van der Waals surface area contributed by atoms with E-state index in [1.54, 1.807) is 67.3 Å². The first-order valence-electron chi connectivity index (χ1n) is 14.1. The maximum absolute atomic E-state index is 13.6. The Morgan fingerprint density at radius 2 is 1.72 bits per heavy atom. The molecule has 3 aromatic carbocycles. The van der Waals surface area contributed by atoms with Crippen molar-refractivity contribution in [1.29, 1.82) is 0 Å². The van der Waals surface area contributed by atoms with Crippen molar-refractivity contribution in [2.75, 3.05) is 30.4 Å². The summed E-state index contributed by atoms with van der Waals surface area (Å²) in [4.78, 5) is 44.9. The highest BCUT2D eigenvalue weighted by atomic mass is 16.6. The van der Waals surface area contributed by atoms with Crippen molar-refractivity contribution in [3.05, 3.63) is 87.7 Å². The first-order valence-corrected chi connectivity index (χ1v) is 14.1. The summed E-state index contributed by atoms with van der Waals surface area (Å²) < 4.78 is 12.1. The van der Waals surface area contributed by atoms with Gasteiger partial charge in [-0.15, -0.1) is 0 Å². The standard InChI is InChI=1S/C32H33N5O6/c1-17-13-22(18(2)33-26-8-6-5-7-21(26)30(39)40)27-23(14-17)29(38)36(3)31(34-27)37-15-24-25(16-37)28(24)35-32(41)43-20-11-9-19(42-4)10-12-20/h5-14,18,24-25,28,33H,15-16H2,1-4H3,(H,35,41)(H,39,40)/t18?,24-,25+,28-. The highest BCUT2D eigenvalue weighted by Crippen LogP contribution is 2.46. The van der Waals surface area contributed by atoms with Gasteiger partial charge in [0.15, 0.2) is 0 Å². The zero-order chi connectivity index (χ0) is 30.4. The summed E-state index contributed by atoms with van der Waals surface area (Å²) in [5.74, 6) is 1.10. The molecule has 0 bridgehead atoms. The minimum absolute atomic E-state index is 0.00350. The number of carbonyl (C=O) groups excluding carboxylic acids is 1. The van der Waals surface area contributed by atoms with E-state index in [0.717, 1.165) is 11.1 Å². The molecule has 0 spiro atoms. The molecular weight excluding hydrogens is 550 g/mol. The number of carbonyl (C=O) groups is 2. The molecule has 1 amide bonds. The lowest BCUT2D eigenvalue weighted by Gasteiger charge is -2.25. The van der Waals surface area contributed by atoms with Gasteiger partial charge in [0.05, 0.1) is 29.6 Å². The Morgan fingerprint density at radius 3 is 2.40 bits per heavy atom. The van der Waals surface area contributed by atoms with Crippen LogP contribution in [0.2, 0.25) is 0 Å². The van der Waals surface area contributed by atoms with Crippen LogP contribution in [-0.2, 0) is 7.05 Å².